The molecule has 0 spiro atoms. The van der Waals surface area contributed by atoms with Crippen LogP contribution in [0.1, 0.15) is 11.6 Å². The van der Waals surface area contributed by atoms with E-state index in [0.717, 1.165) is 22.0 Å². The maximum absolute atomic E-state index is 12.8. The van der Waals surface area contributed by atoms with Crippen molar-refractivity contribution in [3.05, 3.63) is 66.9 Å². The lowest BCUT2D eigenvalue weighted by atomic mass is 10.0. The number of H-pyrrole nitrogens is 2. The van der Waals surface area contributed by atoms with Crippen molar-refractivity contribution < 1.29 is 4.79 Å². The van der Waals surface area contributed by atoms with Crippen LogP contribution < -0.4 is 11.1 Å². The number of hydrogen-bond acceptors (Lipinski definition) is 4. The van der Waals surface area contributed by atoms with Gasteiger partial charge in [-0.25, -0.2) is 0 Å². The number of amides is 1. The van der Waals surface area contributed by atoms with Crippen molar-refractivity contribution in [3.8, 4) is 11.1 Å². The van der Waals surface area contributed by atoms with Crippen LogP contribution in [0, 0.1) is 0 Å². The minimum Gasteiger partial charge on any atom is -0.359 e. The van der Waals surface area contributed by atoms with E-state index in [1.807, 2.05) is 48.8 Å². The number of para-hydroxylation sites is 1. The fraction of sp³-hybridized carbons (Fsp3) is 0.105. The third-order valence-electron chi connectivity index (χ3n) is 4.38. The zero-order chi connectivity index (χ0) is 17.9. The van der Waals surface area contributed by atoms with E-state index in [1.54, 1.807) is 12.4 Å². The Morgan fingerprint density at radius 3 is 2.85 bits per heavy atom. The van der Waals surface area contributed by atoms with Gasteiger partial charge in [-0.3, -0.25) is 14.9 Å². The maximum Gasteiger partial charge on any atom is 0.234 e. The van der Waals surface area contributed by atoms with Crippen LogP contribution in [0.25, 0.3) is 22.0 Å². The van der Waals surface area contributed by atoms with Crippen molar-refractivity contribution in [1.29, 1.82) is 0 Å². The average Bonchev–Trinajstić information content (AvgIpc) is 3.33. The van der Waals surface area contributed by atoms with E-state index in [1.165, 1.54) is 0 Å². The summed E-state index contributed by atoms with van der Waals surface area (Å²) in [7, 11) is 0. The molecule has 1 aromatic carbocycles. The molecule has 0 saturated heterocycles. The molecule has 7 nitrogen and oxygen atoms in total. The summed E-state index contributed by atoms with van der Waals surface area (Å²) in [6.45, 7) is 0.184. The second-order valence-electron chi connectivity index (χ2n) is 5.95. The first kappa shape index (κ1) is 16.0. The van der Waals surface area contributed by atoms with Gasteiger partial charge in [-0.1, -0.05) is 18.2 Å². The molecule has 0 aliphatic rings. The minimum absolute atomic E-state index is 0.182. The first-order valence-corrected chi connectivity index (χ1v) is 8.29. The molecule has 4 rings (SSSR count). The fourth-order valence-corrected chi connectivity index (χ4v) is 3.06. The molecule has 26 heavy (non-hydrogen) atoms. The number of pyridine rings is 1. The van der Waals surface area contributed by atoms with Gasteiger partial charge < -0.3 is 16.0 Å². The number of nitrogens with one attached hydrogen (secondary N) is 3. The van der Waals surface area contributed by atoms with Crippen LogP contribution in [0.3, 0.4) is 0 Å². The Labute approximate surface area is 149 Å². The first-order chi connectivity index (χ1) is 12.8. The molecule has 3 aromatic heterocycles. The predicted molar refractivity (Wildman–Crippen MR) is 101 cm³/mol. The highest BCUT2D eigenvalue weighted by Gasteiger charge is 2.21. The summed E-state index contributed by atoms with van der Waals surface area (Å²) >= 11 is 0. The number of aromatic nitrogens is 4. The molecular weight excluding hydrogens is 328 g/mol. The van der Waals surface area contributed by atoms with Crippen LogP contribution in [-0.2, 0) is 4.79 Å². The highest BCUT2D eigenvalue weighted by Crippen LogP contribution is 2.32. The molecule has 1 amide bonds. The minimum atomic E-state index is -0.505. The topological polar surface area (TPSA) is 112 Å². The molecule has 0 aliphatic heterocycles. The van der Waals surface area contributed by atoms with Crippen LogP contribution in [0.15, 0.2) is 61.2 Å². The SMILES string of the molecule is NCC(C(=O)Nc1cccc2c(-c3cn[nH]c3)c[nH]c12)c1ccccn1. The quantitative estimate of drug-likeness (QED) is 0.445. The van der Waals surface area contributed by atoms with Gasteiger partial charge in [0.25, 0.3) is 0 Å². The molecule has 1 atom stereocenters. The zero-order valence-electron chi connectivity index (χ0n) is 13.9. The highest BCUT2D eigenvalue weighted by atomic mass is 16.1. The number of nitrogens with two attached hydrogens (primary N) is 1. The lowest BCUT2D eigenvalue weighted by molar-refractivity contribution is -0.117. The zero-order valence-corrected chi connectivity index (χ0v) is 13.9. The summed E-state index contributed by atoms with van der Waals surface area (Å²) in [6.07, 6.45) is 7.16. The highest BCUT2D eigenvalue weighted by molar-refractivity contribution is 6.07. The number of nitrogens with zero attached hydrogens (tertiary/aromatic N) is 2. The molecular formula is C19H18N6O. The number of fused-ring (bicyclic) bond motifs is 1. The summed E-state index contributed by atoms with van der Waals surface area (Å²) in [4.78, 5) is 20.3. The second-order valence-corrected chi connectivity index (χ2v) is 5.95. The second kappa shape index (κ2) is 6.81. The standard InChI is InChI=1S/C19H18N6O/c20-8-14(16-5-1-2-7-21-16)19(26)25-17-6-3-4-13-15(11-22-18(13)17)12-9-23-24-10-12/h1-7,9-11,14,22H,8,20H2,(H,23,24)(H,25,26). The smallest absolute Gasteiger partial charge is 0.234 e. The van der Waals surface area contributed by atoms with Crippen LogP contribution in [0.4, 0.5) is 5.69 Å². The van der Waals surface area contributed by atoms with Gasteiger partial charge in [0.2, 0.25) is 5.91 Å². The van der Waals surface area contributed by atoms with E-state index in [9.17, 15) is 4.79 Å². The number of hydrogen-bond donors (Lipinski definition) is 4. The molecule has 3 heterocycles. The number of aromatic amines is 2. The third kappa shape index (κ3) is 2.84. The Morgan fingerprint density at radius 2 is 2.12 bits per heavy atom. The summed E-state index contributed by atoms with van der Waals surface area (Å²) in [5.41, 5.74) is 10.0. The van der Waals surface area contributed by atoms with Crippen LogP contribution >= 0.6 is 0 Å². The summed E-state index contributed by atoms with van der Waals surface area (Å²) in [5, 5.41) is 10.8. The van der Waals surface area contributed by atoms with Crippen molar-refractivity contribution in [3.63, 3.8) is 0 Å². The largest absolute Gasteiger partial charge is 0.359 e. The first-order valence-electron chi connectivity index (χ1n) is 8.29. The summed E-state index contributed by atoms with van der Waals surface area (Å²) < 4.78 is 0. The van der Waals surface area contributed by atoms with Crippen molar-refractivity contribution in [2.24, 2.45) is 5.73 Å². The monoisotopic (exact) mass is 346 g/mol. The van der Waals surface area contributed by atoms with E-state index in [4.69, 9.17) is 5.73 Å². The van der Waals surface area contributed by atoms with Crippen molar-refractivity contribution in [2.45, 2.75) is 5.92 Å². The Bertz CT molecular complexity index is 1020. The van der Waals surface area contributed by atoms with E-state index >= 15 is 0 Å². The molecule has 4 aromatic rings. The van der Waals surface area contributed by atoms with Crippen LogP contribution in [-0.4, -0.2) is 32.6 Å². The molecule has 0 fully saturated rings. The maximum atomic E-state index is 12.8. The number of anilines is 1. The molecule has 0 radical (unpaired) electrons. The molecule has 1 unspecified atom stereocenters. The van der Waals surface area contributed by atoms with Gasteiger partial charge in [-0.15, -0.1) is 0 Å². The lowest BCUT2D eigenvalue weighted by Gasteiger charge is -2.15. The Kier molecular flexibility index (Phi) is 4.20. The molecule has 5 N–H and O–H groups in total. The van der Waals surface area contributed by atoms with E-state index in [2.05, 4.69) is 25.5 Å². The summed E-state index contributed by atoms with van der Waals surface area (Å²) in [6, 6.07) is 11.2. The van der Waals surface area contributed by atoms with Gasteiger partial charge in [-0.05, 0) is 18.2 Å². The van der Waals surface area contributed by atoms with E-state index < -0.39 is 5.92 Å². The van der Waals surface area contributed by atoms with E-state index in [-0.39, 0.29) is 12.5 Å². The number of carbonyl (C=O) groups excluding carboxylic acids is 1. The molecule has 7 heteroatoms. The van der Waals surface area contributed by atoms with Crippen LogP contribution in [0.5, 0.6) is 0 Å². The Balaban J connectivity index is 1.66. The molecule has 130 valence electrons. The number of rotatable bonds is 5. The van der Waals surface area contributed by atoms with Crippen molar-refractivity contribution >= 4 is 22.5 Å². The molecule has 0 aliphatic carbocycles. The Morgan fingerprint density at radius 1 is 1.19 bits per heavy atom. The molecule has 0 saturated carbocycles. The number of carbonyl (C=O) groups is 1. The van der Waals surface area contributed by atoms with Crippen LogP contribution in [0.2, 0.25) is 0 Å². The van der Waals surface area contributed by atoms with Gasteiger partial charge in [0.15, 0.2) is 0 Å². The predicted octanol–water partition coefficient (Wildman–Crippen LogP) is 2.63. The van der Waals surface area contributed by atoms with Gasteiger partial charge in [0.1, 0.15) is 0 Å². The number of benzene rings is 1. The average molecular weight is 346 g/mol. The van der Waals surface area contributed by atoms with Gasteiger partial charge >= 0.3 is 0 Å². The van der Waals surface area contributed by atoms with Gasteiger partial charge in [0, 0.05) is 41.6 Å². The van der Waals surface area contributed by atoms with Crippen molar-refractivity contribution in [1.82, 2.24) is 20.2 Å². The Hall–Kier alpha value is -3.45. The summed E-state index contributed by atoms with van der Waals surface area (Å²) in [5.74, 6) is -0.687. The van der Waals surface area contributed by atoms with E-state index in [0.29, 0.717) is 11.4 Å². The normalized spacial score (nSPS) is 12.2. The van der Waals surface area contributed by atoms with Crippen molar-refractivity contribution in [2.75, 3.05) is 11.9 Å². The lowest BCUT2D eigenvalue weighted by Crippen LogP contribution is -2.28. The fourth-order valence-electron chi connectivity index (χ4n) is 3.06. The third-order valence-corrected chi connectivity index (χ3v) is 4.38. The van der Waals surface area contributed by atoms with Gasteiger partial charge in [-0.2, -0.15) is 5.10 Å². The van der Waals surface area contributed by atoms with Gasteiger partial charge in [0.05, 0.1) is 29.0 Å². The molecule has 0 bridgehead atoms.